The Morgan fingerprint density at radius 3 is 2.31 bits per heavy atom. The van der Waals surface area contributed by atoms with Crippen molar-refractivity contribution in [1.82, 2.24) is 0 Å². The first-order chi connectivity index (χ1) is 14.0. The smallest absolute Gasteiger partial charge is 0.350 e. The number of fused-ring (bicyclic) bond motifs is 1. The fourth-order valence-electron chi connectivity index (χ4n) is 3.18. The molecule has 0 N–H and O–H groups in total. The zero-order chi connectivity index (χ0) is 20.4. The number of carbonyl (C=O) groups is 1. The van der Waals surface area contributed by atoms with E-state index in [2.05, 4.69) is 15.9 Å². The lowest BCUT2D eigenvalue weighted by molar-refractivity contribution is 0.0792. The number of benzene rings is 3. The average Bonchev–Trinajstić information content (AvgIpc) is 2.76. The summed E-state index contributed by atoms with van der Waals surface area (Å²) in [6.07, 6.45) is -0.820. The van der Waals surface area contributed by atoms with Gasteiger partial charge in [-0.2, -0.15) is 0 Å². The quantitative estimate of drug-likeness (QED) is 0.283. The summed E-state index contributed by atoms with van der Waals surface area (Å²) < 4.78 is 11.9. The Kier molecular flexibility index (Phi) is 5.32. The molecule has 0 amide bonds. The van der Waals surface area contributed by atoms with Gasteiger partial charge in [-0.25, -0.2) is 4.79 Å². The average molecular weight is 449 g/mol. The van der Waals surface area contributed by atoms with E-state index in [0.717, 1.165) is 16.5 Å². The van der Waals surface area contributed by atoms with Crippen molar-refractivity contribution < 1.29 is 13.9 Å². The van der Waals surface area contributed by atoms with Crippen molar-refractivity contribution in [3.05, 3.63) is 110 Å². The molecule has 0 fully saturated rings. The molecule has 0 aliphatic rings. The molecule has 1 heterocycles. The SMILES string of the molecule is Cc1c(Br)c(=O)oc2cc(OC(C(=O)c3ccccc3)c3ccccc3)ccc12. The van der Waals surface area contributed by atoms with E-state index in [-0.39, 0.29) is 5.78 Å². The summed E-state index contributed by atoms with van der Waals surface area (Å²) >= 11 is 3.25. The maximum absolute atomic E-state index is 13.2. The summed E-state index contributed by atoms with van der Waals surface area (Å²) in [5.41, 5.74) is 2.06. The maximum Gasteiger partial charge on any atom is 0.350 e. The predicted molar refractivity (Wildman–Crippen MR) is 116 cm³/mol. The number of aryl methyl sites for hydroxylation is 1. The molecule has 29 heavy (non-hydrogen) atoms. The highest BCUT2D eigenvalue weighted by atomic mass is 79.9. The van der Waals surface area contributed by atoms with Crippen LogP contribution in [-0.2, 0) is 0 Å². The van der Waals surface area contributed by atoms with Gasteiger partial charge in [0.2, 0.25) is 5.78 Å². The highest BCUT2D eigenvalue weighted by Crippen LogP contribution is 2.30. The standard InChI is InChI=1S/C24H17BrO4/c1-15-19-13-12-18(14-20(19)29-24(27)21(15)25)28-23(17-10-6-3-7-11-17)22(26)16-8-4-2-5-9-16/h2-14,23H,1H3. The molecule has 4 nitrogen and oxygen atoms in total. The van der Waals surface area contributed by atoms with E-state index in [1.54, 1.807) is 24.3 Å². The number of halogens is 1. The first-order valence-corrected chi connectivity index (χ1v) is 9.88. The van der Waals surface area contributed by atoms with Gasteiger partial charge in [0, 0.05) is 22.6 Å². The molecule has 3 aromatic carbocycles. The van der Waals surface area contributed by atoms with E-state index in [9.17, 15) is 9.59 Å². The van der Waals surface area contributed by atoms with Gasteiger partial charge in [-0.1, -0.05) is 60.7 Å². The molecule has 1 unspecified atom stereocenters. The number of hydrogen-bond acceptors (Lipinski definition) is 4. The molecule has 0 aliphatic carbocycles. The number of Topliss-reactive ketones (excluding diaryl/α,β-unsaturated/α-hetero) is 1. The van der Waals surface area contributed by atoms with Crippen LogP contribution in [-0.4, -0.2) is 5.78 Å². The van der Waals surface area contributed by atoms with Crippen LogP contribution >= 0.6 is 15.9 Å². The molecule has 1 atom stereocenters. The van der Waals surface area contributed by atoms with Crippen LogP contribution in [0.15, 0.2) is 92.5 Å². The molecular weight excluding hydrogens is 432 g/mol. The third-order valence-electron chi connectivity index (χ3n) is 4.72. The maximum atomic E-state index is 13.2. The summed E-state index contributed by atoms with van der Waals surface area (Å²) in [7, 11) is 0. The number of ether oxygens (including phenoxy) is 1. The van der Waals surface area contributed by atoms with Crippen molar-refractivity contribution in [1.29, 1.82) is 0 Å². The highest BCUT2D eigenvalue weighted by molar-refractivity contribution is 9.10. The second-order valence-electron chi connectivity index (χ2n) is 6.63. The lowest BCUT2D eigenvalue weighted by atomic mass is 9.99. The van der Waals surface area contributed by atoms with Crippen molar-refractivity contribution in [2.75, 3.05) is 0 Å². The monoisotopic (exact) mass is 448 g/mol. The Bertz CT molecular complexity index is 1230. The summed E-state index contributed by atoms with van der Waals surface area (Å²) in [5, 5.41) is 0.800. The first-order valence-electron chi connectivity index (χ1n) is 9.08. The highest BCUT2D eigenvalue weighted by Gasteiger charge is 2.24. The van der Waals surface area contributed by atoms with Gasteiger partial charge in [0.15, 0.2) is 6.10 Å². The van der Waals surface area contributed by atoms with Crippen molar-refractivity contribution in [2.45, 2.75) is 13.0 Å². The van der Waals surface area contributed by atoms with E-state index in [1.165, 1.54) is 0 Å². The van der Waals surface area contributed by atoms with Gasteiger partial charge in [0.1, 0.15) is 15.8 Å². The lowest BCUT2D eigenvalue weighted by Gasteiger charge is -2.19. The largest absolute Gasteiger partial charge is 0.477 e. The minimum atomic E-state index is -0.820. The van der Waals surface area contributed by atoms with Gasteiger partial charge in [-0.15, -0.1) is 0 Å². The summed E-state index contributed by atoms with van der Waals surface area (Å²) in [5.74, 6) is 0.297. The molecule has 0 aliphatic heterocycles. The molecule has 0 spiro atoms. The van der Waals surface area contributed by atoms with Crippen molar-refractivity contribution in [2.24, 2.45) is 0 Å². The minimum Gasteiger partial charge on any atom is -0.477 e. The zero-order valence-corrected chi connectivity index (χ0v) is 17.2. The van der Waals surface area contributed by atoms with Crippen molar-refractivity contribution in [3.8, 4) is 5.75 Å². The number of rotatable bonds is 5. The van der Waals surface area contributed by atoms with E-state index in [4.69, 9.17) is 9.15 Å². The summed E-state index contributed by atoms with van der Waals surface area (Å²) in [6, 6.07) is 23.6. The Hall–Kier alpha value is -3.18. The molecule has 144 valence electrons. The summed E-state index contributed by atoms with van der Waals surface area (Å²) in [6.45, 7) is 1.84. The van der Waals surface area contributed by atoms with E-state index < -0.39 is 11.7 Å². The second kappa shape index (κ2) is 8.05. The fourth-order valence-corrected chi connectivity index (χ4v) is 3.47. The topological polar surface area (TPSA) is 56.5 Å². The molecule has 0 bridgehead atoms. The molecule has 4 rings (SSSR count). The van der Waals surface area contributed by atoms with Crippen LogP contribution in [0.2, 0.25) is 0 Å². The van der Waals surface area contributed by atoms with Gasteiger partial charge < -0.3 is 9.15 Å². The minimum absolute atomic E-state index is 0.148. The van der Waals surface area contributed by atoms with Gasteiger partial charge in [-0.05, 0) is 40.5 Å². The third-order valence-corrected chi connectivity index (χ3v) is 5.64. The van der Waals surface area contributed by atoms with E-state index >= 15 is 0 Å². The van der Waals surface area contributed by atoms with Crippen LogP contribution in [0.4, 0.5) is 0 Å². The molecule has 1 aromatic heterocycles. The molecule has 5 heteroatoms. The van der Waals surface area contributed by atoms with Crippen molar-refractivity contribution >= 4 is 32.7 Å². The summed E-state index contributed by atoms with van der Waals surface area (Å²) in [4.78, 5) is 25.2. The molecule has 0 saturated carbocycles. The zero-order valence-electron chi connectivity index (χ0n) is 15.6. The predicted octanol–water partition coefficient (Wildman–Crippen LogP) is 5.87. The van der Waals surface area contributed by atoms with Crippen LogP contribution in [0.5, 0.6) is 5.75 Å². The van der Waals surface area contributed by atoms with Crippen LogP contribution in [0, 0.1) is 6.92 Å². The number of ketones is 1. The normalized spacial score (nSPS) is 11.9. The molecule has 0 saturated heterocycles. The Morgan fingerprint density at radius 2 is 1.62 bits per heavy atom. The first kappa shape index (κ1) is 19.2. The van der Waals surface area contributed by atoms with Gasteiger partial charge in [0.05, 0.1) is 0 Å². The van der Waals surface area contributed by atoms with Crippen LogP contribution in [0.1, 0.15) is 27.6 Å². The van der Waals surface area contributed by atoms with Gasteiger partial charge in [0.25, 0.3) is 0 Å². The Balaban J connectivity index is 1.76. The number of hydrogen-bond donors (Lipinski definition) is 0. The number of carbonyl (C=O) groups excluding carboxylic acids is 1. The Morgan fingerprint density at radius 1 is 0.966 bits per heavy atom. The molecular formula is C24H17BrO4. The van der Waals surface area contributed by atoms with E-state index in [0.29, 0.717) is 21.4 Å². The van der Waals surface area contributed by atoms with Crippen LogP contribution in [0.25, 0.3) is 11.0 Å². The van der Waals surface area contributed by atoms with Crippen LogP contribution < -0.4 is 10.4 Å². The second-order valence-corrected chi connectivity index (χ2v) is 7.42. The van der Waals surface area contributed by atoms with Crippen molar-refractivity contribution in [3.63, 3.8) is 0 Å². The van der Waals surface area contributed by atoms with Gasteiger partial charge in [-0.3, -0.25) is 4.79 Å². The third kappa shape index (κ3) is 3.87. The Labute approximate surface area is 175 Å². The van der Waals surface area contributed by atoms with E-state index in [1.807, 2.05) is 61.5 Å². The fraction of sp³-hybridized carbons (Fsp3) is 0.0833. The van der Waals surface area contributed by atoms with Crippen LogP contribution in [0.3, 0.4) is 0 Å². The van der Waals surface area contributed by atoms with Gasteiger partial charge >= 0.3 is 5.63 Å². The molecule has 0 radical (unpaired) electrons. The lowest BCUT2D eigenvalue weighted by Crippen LogP contribution is -2.19. The molecule has 4 aromatic rings.